The Morgan fingerprint density at radius 2 is 1.85 bits per heavy atom. The van der Waals surface area contributed by atoms with Crippen molar-refractivity contribution in [3.8, 4) is 5.69 Å². The van der Waals surface area contributed by atoms with Crippen molar-refractivity contribution in [3.63, 3.8) is 0 Å². The number of benzene rings is 1. The monoisotopic (exact) mass is 440 g/mol. The van der Waals surface area contributed by atoms with Crippen LogP contribution in [0.15, 0.2) is 47.3 Å². The second kappa shape index (κ2) is 7.15. The first-order valence-corrected chi connectivity index (χ1v) is 8.77. The summed E-state index contributed by atoms with van der Waals surface area (Å²) in [5.41, 5.74) is -1.76. The fraction of sp³-hybridized carbons (Fsp3) is 0.167. The molecule has 3 aromatic rings. The number of nitrogens with zero attached hydrogens (tertiary/aromatic N) is 2. The SMILES string of the molecule is COC(=O)c1c(CBr)c(=O)c2ccc(C(F)(F)F)nc2n1-c1ccccc1. The number of esters is 1. The zero-order chi connectivity index (χ0) is 19.8. The van der Waals surface area contributed by atoms with E-state index in [9.17, 15) is 22.8 Å². The van der Waals surface area contributed by atoms with Gasteiger partial charge in [0, 0.05) is 16.6 Å². The molecule has 0 spiro atoms. The number of rotatable bonds is 3. The average molecular weight is 441 g/mol. The Morgan fingerprint density at radius 3 is 2.41 bits per heavy atom. The Labute approximate surface area is 159 Å². The number of hydrogen-bond acceptors (Lipinski definition) is 4. The van der Waals surface area contributed by atoms with Crippen LogP contribution in [0.5, 0.6) is 0 Å². The van der Waals surface area contributed by atoms with E-state index < -0.39 is 23.3 Å². The molecule has 0 N–H and O–H groups in total. The topological polar surface area (TPSA) is 61.2 Å². The maximum absolute atomic E-state index is 13.2. The summed E-state index contributed by atoms with van der Waals surface area (Å²) in [4.78, 5) is 28.8. The lowest BCUT2D eigenvalue weighted by molar-refractivity contribution is -0.141. The summed E-state index contributed by atoms with van der Waals surface area (Å²) >= 11 is 3.17. The highest BCUT2D eigenvalue weighted by Crippen LogP contribution is 2.30. The van der Waals surface area contributed by atoms with E-state index in [1.54, 1.807) is 30.3 Å². The predicted molar refractivity (Wildman–Crippen MR) is 96.3 cm³/mol. The van der Waals surface area contributed by atoms with Gasteiger partial charge in [-0.05, 0) is 24.3 Å². The van der Waals surface area contributed by atoms with E-state index in [2.05, 4.69) is 20.9 Å². The van der Waals surface area contributed by atoms with E-state index in [-0.39, 0.29) is 27.6 Å². The Morgan fingerprint density at radius 1 is 1.19 bits per heavy atom. The number of carbonyl (C=O) groups excluding carboxylic acids is 1. The van der Waals surface area contributed by atoms with E-state index in [1.807, 2.05) is 0 Å². The Kier molecular flexibility index (Phi) is 5.05. The normalized spacial score (nSPS) is 11.6. The zero-order valence-electron chi connectivity index (χ0n) is 13.9. The van der Waals surface area contributed by atoms with Crippen LogP contribution in [0.1, 0.15) is 21.7 Å². The molecule has 1 aromatic carbocycles. The van der Waals surface area contributed by atoms with E-state index in [4.69, 9.17) is 4.74 Å². The summed E-state index contributed by atoms with van der Waals surface area (Å²) in [6.07, 6.45) is -4.70. The lowest BCUT2D eigenvalue weighted by atomic mass is 10.1. The molecular formula is C18H12BrF3N2O3. The molecule has 3 rings (SSSR count). The molecule has 2 aromatic heterocycles. The molecule has 140 valence electrons. The number of methoxy groups -OCH3 is 1. The third-order valence-corrected chi connectivity index (χ3v) is 4.49. The highest BCUT2D eigenvalue weighted by Gasteiger charge is 2.34. The fourth-order valence-corrected chi connectivity index (χ4v) is 3.25. The molecule has 5 nitrogen and oxygen atoms in total. The van der Waals surface area contributed by atoms with Crippen LogP contribution in [0.4, 0.5) is 13.2 Å². The number of ether oxygens (including phenoxy) is 1. The minimum Gasteiger partial charge on any atom is -0.464 e. The molecule has 27 heavy (non-hydrogen) atoms. The Balaban J connectivity index is 2.57. The van der Waals surface area contributed by atoms with Gasteiger partial charge < -0.3 is 4.74 Å². The molecule has 0 amide bonds. The summed E-state index contributed by atoms with van der Waals surface area (Å²) < 4.78 is 45.5. The van der Waals surface area contributed by atoms with Crippen LogP contribution >= 0.6 is 15.9 Å². The van der Waals surface area contributed by atoms with Crippen LogP contribution in [0.25, 0.3) is 16.7 Å². The molecule has 9 heteroatoms. The van der Waals surface area contributed by atoms with Gasteiger partial charge in [-0.3, -0.25) is 9.36 Å². The predicted octanol–water partition coefficient (Wildman–Crippen LogP) is 4.09. The summed E-state index contributed by atoms with van der Waals surface area (Å²) in [6.45, 7) is 0. The van der Waals surface area contributed by atoms with Crippen molar-refractivity contribution < 1.29 is 22.7 Å². The number of para-hydroxylation sites is 1. The number of aromatic nitrogens is 2. The van der Waals surface area contributed by atoms with Crippen LogP contribution in [0.2, 0.25) is 0 Å². The minimum absolute atomic E-state index is 0.0140. The first-order chi connectivity index (χ1) is 12.8. The summed E-state index contributed by atoms with van der Waals surface area (Å²) in [5.74, 6) is -0.855. The van der Waals surface area contributed by atoms with Crippen LogP contribution in [-0.4, -0.2) is 22.6 Å². The molecule has 0 saturated heterocycles. The molecule has 0 fully saturated rings. The van der Waals surface area contributed by atoms with Crippen molar-refractivity contribution in [2.45, 2.75) is 11.5 Å². The van der Waals surface area contributed by atoms with E-state index >= 15 is 0 Å². The van der Waals surface area contributed by atoms with Crippen LogP contribution < -0.4 is 5.43 Å². The van der Waals surface area contributed by atoms with Gasteiger partial charge in [-0.1, -0.05) is 34.1 Å². The number of pyridine rings is 2. The van der Waals surface area contributed by atoms with Gasteiger partial charge in [-0.15, -0.1) is 0 Å². The van der Waals surface area contributed by atoms with Gasteiger partial charge in [0.25, 0.3) is 0 Å². The summed E-state index contributed by atoms with van der Waals surface area (Å²) in [5, 5.41) is -0.0194. The number of alkyl halides is 4. The van der Waals surface area contributed by atoms with Gasteiger partial charge in [0.2, 0.25) is 0 Å². The molecule has 0 radical (unpaired) electrons. The Hall–Kier alpha value is -2.68. The summed E-state index contributed by atoms with van der Waals surface area (Å²) in [6, 6.07) is 10.0. The first-order valence-electron chi connectivity index (χ1n) is 7.65. The molecule has 0 unspecified atom stereocenters. The number of carbonyl (C=O) groups is 1. The smallest absolute Gasteiger partial charge is 0.433 e. The zero-order valence-corrected chi connectivity index (χ0v) is 15.5. The van der Waals surface area contributed by atoms with Crippen molar-refractivity contribution in [1.82, 2.24) is 9.55 Å². The third kappa shape index (κ3) is 3.34. The number of hydrogen-bond donors (Lipinski definition) is 0. The number of halogens is 4. The molecule has 0 aliphatic heterocycles. The second-order valence-electron chi connectivity index (χ2n) is 5.52. The van der Waals surface area contributed by atoms with E-state index in [0.717, 1.165) is 19.2 Å². The van der Waals surface area contributed by atoms with Crippen molar-refractivity contribution >= 4 is 32.9 Å². The molecule has 0 bridgehead atoms. The largest absolute Gasteiger partial charge is 0.464 e. The van der Waals surface area contributed by atoms with Gasteiger partial charge in [0.1, 0.15) is 17.0 Å². The van der Waals surface area contributed by atoms with Crippen LogP contribution in [0, 0.1) is 0 Å². The maximum Gasteiger partial charge on any atom is 0.433 e. The second-order valence-corrected chi connectivity index (χ2v) is 6.08. The van der Waals surface area contributed by atoms with Crippen molar-refractivity contribution in [1.29, 1.82) is 0 Å². The van der Waals surface area contributed by atoms with Crippen molar-refractivity contribution in [2.75, 3.05) is 7.11 Å². The molecular weight excluding hydrogens is 429 g/mol. The third-order valence-electron chi connectivity index (χ3n) is 3.93. The van der Waals surface area contributed by atoms with E-state index in [1.165, 1.54) is 4.57 Å². The minimum atomic E-state index is -4.70. The van der Waals surface area contributed by atoms with Gasteiger partial charge in [0.05, 0.1) is 12.5 Å². The van der Waals surface area contributed by atoms with Gasteiger partial charge in [-0.2, -0.15) is 13.2 Å². The van der Waals surface area contributed by atoms with Crippen LogP contribution in [0.3, 0.4) is 0 Å². The number of fused-ring (bicyclic) bond motifs is 1. The van der Waals surface area contributed by atoms with Gasteiger partial charge in [0.15, 0.2) is 5.43 Å². The first kappa shape index (κ1) is 19.1. The van der Waals surface area contributed by atoms with Gasteiger partial charge >= 0.3 is 12.1 Å². The quantitative estimate of drug-likeness (QED) is 0.454. The molecule has 0 saturated carbocycles. The van der Waals surface area contributed by atoms with Crippen LogP contribution in [-0.2, 0) is 16.2 Å². The van der Waals surface area contributed by atoms with Crippen molar-refractivity contribution in [3.05, 3.63) is 69.6 Å². The summed E-state index contributed by atoms with van der Waals surface area (Å²) in [7, 11) is 1.13. The van der Waals surface area contributed by atoms with Gasteiger partial charge in [-0.25, -0.2) is 9.78 Å². The highest BCUT2D eigenvalue weighted by atomic mass is 79.9. The highest BCUT2D eigenvalue weighted by molar-refractivity contribution is 9.08. The molecule has 0 aliphatic rings. The Bertz CT molecular complexity index is 1080. The van der Waals surface area contributed by atoms with Crippen molar-refractivity contribution in [2.24, 2.45) is 0 Å². The standard InChI is InChI=1S/C18H12BrF3N2O3/c1-27-17(26)14-12(9-19)15(25)11-7-8-13(18(20,21)22)23-16(11)24(14)10-5-3-2-4-6-10/h2-8H,9H2,1H3. The van der Waals surface area contributed by atoms with E-state index in [0.29, 0.717) is 5.69 Å². The lowest BCUT2D eigenvalue weighted by Crippen LogP contribution is -2.25. The lowest BCUT2D eigenvalue weighted by Gasteiger charge is -2.18. The fourth-order valence-electron chi connectivity index (χ4n) is 2.73. The molecule has 2 heterocycles. The molecule has 0 atom stereocenters. The average Bonchev–Trinajstić information content (AvgIpc) is 2.66. The molecule has 0 aliphatic carbocycles. The maximum atomic E-state index is 13.2.